The van der Waals surface area contributed by atoms with Gasteiger partial charge < -0.3 is 13.9 Å². The molecule has 0 atom stereocenters. The van der Waals surface area contributed by atoms with Crippen LogP contribution in [0.1, 0.15) is 47.2 Å². The lowest BCUT2D eigenvalue weighted by Gasteiger charge is -2.05. The van der Waals surface area contributed by atoms with Crippen LogP contribution in [0.25, 0.3) is 0 Å². The van der Waals surface area contributed by atoms with Crippen LogP contribution in [0.5, 0.6) is 0 Å². The van der Waals surface area contributed by atoms with Crippen LogP contribution in [-0.4, -0.2) is 31.1 Å². The van der Waals surface area contributed by atoms with Crippen molar-refractivity contribution in [1.82, 2.24) is 0 Å². The summed E-state index contributed by atoms with van der Waals surface area (Å²) in [7, 11) is 0. The topological polar surface area (TPSA) is 94.8 Å². The van der Waals surface area contributed by atoms with Crippen LogP contribution in [0.2, 0.25) is 0 Å². The third-order valence-corrected chi connectivity index (χ3v) is 2.60. The molecule has 0 aromatic carbocycles. The number of esters is 2. The van der Waals surface area contributed by atoms with Gasteiger partial charge in [-0.15, -0.1) is 0 Å². The predicted molar refractivity (Wildman–Crippen MR) is 78.8 cm³/mol. The SMILES string of the molecule is C/C=C/C(=O)Nc1oc(C)c(C(=O)OCC)c1C(=O)OCC. The summed E-state index contributed by atoms with van der Waals surface area (Å²) in [5, 5.41) is 2.41. The third kappa shape index (κ3) is 3.97. The summed E-state index contributed by atoms with van der Waals surface area (Å²) in [6, 6.07) is 0. The molecule has 1 aromatic heterocycles. The zero-order valence-corrected chi connectivity index (χ0v) is 13.0. The lowest BCUT2D eigenvalue weighted by Crippen LogP contribution is -2.16. The maximum absolute atomic E-state index is 12.1. The molecular weight excluding hydrogens is 290 g/mol. The van der Waals surface area contributed by atoms with Crippen molar-refractivity contribution in [3.05, 3.63) is 29.0 Å². The van der Waals surface area contributed by atoms with Gasteiger partial charge in [-0.3, -0.25) is 10.1 Å². The maximum Gasteiger partial charge on any atom is 0.344 e. The highest BCUT2D eigenvalue weighted by molar-refractivity contribution is 6.10. The van der Waals surface area contributed by atoms with Gasteiger partial charge in [0.2, 0.25) is 11.8 Å². The minimum Gasteiger partial charge on any atom is -0.462 e. The van der Waals surface area contributed by atoms with Gasteiger partial charge in [0.05, 0.1) is 13.2 Å². The highest BCUT2D eigenvalue weighted by atomic mass is 16.5. The Labute approximate surface area is 128 Å². The molecule has 0 saturated heterocycles. The molecule has 1 N–H and O–H groups in total. The quantitative estimate of drug-likeness (QED) is 0.640. The first-order valence-electron chi connectivity index (χ1n) is 6.87. The summed E-state index contributed by atoms with van der Waals surface area (Å²) in [6.07, 6.45) is 2.79. The van der Waals surface area contributed by atoms with E-state index in [9.17, 15) is 14.4 Å². The summed E-state index contributed by atoms with van der Waals surface area (Å²) in [6.45, 7) is 6.71. The fraction of sp³-hybridized carbons (Fsp3) is 0.400. The summed E-state index contributed by atoms with van der Waals surface area (Å²) >= 11 is 0. The van der Waals surface area contributed by atoms with Crippen LogP contribution in [0.4, 0.5) is 5.88 Å². The van der Waals surface area contributed by atoms with E-state index in [0.717, 1.165) is 0 Å². The molecule has 0 saturated carbocycles. The minimum absolute atomic E-state index is 0.0453. The largest absolute Gasteiger partial charge is 0.462 e. The number of amides is 1. The zero-order chi connectivity index (χ0) is 16.7. The van der Waals surface area contributed by atoms with Gasteiger partial charge in [0.25, 0.3) is 0 Å². The maximum atomic E-state index is 12.1. The molecule has 0 aliphatic heterocycles. The van der Waals surface area contributed by atoms with Crippen molar-refractivity contribution in [2.45, 2.75) is 27.7 Å². The van der Waals surface area contributed by atoms with Crippen molar-refractivity contribution in [1.29, 1.82) is 0 Å². The molecule has 0 fully saturated rings. The zero-order valence-electron chi connectivity index (χ0n) is 13.0. The molecule has 1 rings (SSSR count). The van der Waals surface area contributed by atoms with E-state index in [4.69, 9.17) is 13.9 Å². The first kappa shape index (κ1) is 17.5. The average molecular weight is 309 g/mol. The molecule has 1 heterocycles. The fourth-order valence-electron chi connectivity index (χ4n) is 1.78. The smallest absolute Gasteiger partial charge is 0.344 e. The molecule has 1 aromatic rings. The lowest BCUT2D eigenvalue weighted by atomic mass is 10.1. The Balaban J connectivity index is 3.32. The number of ether oxygens (including phenoxy) is 2. The van der Waals surface area contributed by atoms with E-state index in [0.29, 0.717) is 0 Å². The van der Waals surface area contributed by atoms with Crippen molar-refractivity contribution >= 4 is 23.7 Å². The Morgan fingerprint density at radius 1 is 1.09 bits per heavy atom. The first-order valence-corrected chi connectivity index (χ1v) is 6.87. The Morgan fingerprint density at radius 3 is 2.14 bits per heavy atom. The Kier molecular flexibility index (Phi) is 6.37. The Hall–Kier alpha value is -2.57. The van der Waals surface area contributed by atoms with Crippen LogP contribution in [0.3, 0.4) is 0 Å². The normalized spacial score (nSPS) is 10.5. The lowest BCUT2D eigenvalue weighted by molar-refractivity contribution is -0.112. The van der Waals surface area contributed by atoms with Crippen molar-refractivity contribution in [3.8, 4) is 0 Å². The second-order valence-corrected chi connectivity index (χ2v) is 4.17. The van der Waals surface area contributed by atoms with Gasteiger partial charge in [-0.25, -0.2) is 9.59 Å². The van der Waals surface area contributed by atoms with Crippen LogP contribution in [0.15, 0.2) is 16.6 Å². The van der Waals surface area contributed by atoms with Crippen molar-refractivity contribution in [3.63, 3.8) is 0 Å². The van der Waals surface area contributed by atoms with Crippen LogP contribution in [0, 0.1) is 6.92 Å². The summed E-state index contributed by atoms with van der Waals surface area (Å²) < 4.78 is 15.2. The molecule has 7 heteroatoms. The van der Waals surface area contributed by atoms with E-state index >= 15 is 0 Å². The van der Waals surface area contributed by atoms with Gasteiger partial charge >= 0.3 is 11.9 Å². The van der Waals surface area contributed by atoms with Gasteiger partial charge in [0.15, 0.2) is 0 Å². The van der Waals surface area contributed by atoms with E-state index in [1.165, 1.54) is 19.1 Å². The minimum atomic E-state index is -0.766. The third-order valence-electron chi connectivity index (χ3n) is 2.60. The number of hydrogen-bond acceptors (Lipinski definition) is 6. The second-order valence-electron chi connectivity index (χ2n) is 4.17. The van der Waals surface area contributed by atoms with E-state index in [2.05, 4.69) is 5.32 Å². The summed E-state index contributed by atoms with van der Waals surface area (Å²) in [5.74, 6) is -1.94. The number of rotatable bonds is 6. The van der Waals surface area contributed by atoms with E-state index in [-0.39, 0.29) is 36.0 Å². The fourth-order valence-corrected chi connectivity index (χ4v) is 1.78. The van der Waals surface area contributed by atoms with Gasteiger partial charge in [0, 0.05) is 0 Å². The Morgan fingerprint density at radius 2 is 1.64 bits per heavy atom. The van der Waals surface area contributed by atoms with Crippen molar-refractivity contribution in [2.24, 2.45) is 0 Å². The molecule has 0 spiro atoms. The molecule has 1 amide bonds. The number of hydrogen-bond donors (Lipinski definition) is 1. The number of carbonyl (C=O) groups excluding carboxylic acids is 3. The molecule has 0 radical (unpaired) electrons. The second kappa shape index (κ2) is 8.02. The van der Waals surface area contributed by atoms with Crippen LogP contribution in [-0.2, 0) is 14.3 Å². The molecular formula is C15H19NO6. The van der Waals surface area contributed by atoms with E-state index < -0.39 is 17.8 Å². The number of aryl methyl sites for hydroxylation is 1. The molecule has 22 heavy (non-hydrogen) atoms. The molecule has 7 nitrogen and oxygen atoms in total. The number of nitrogens with one attached hydrogen (secondary N) is 1. The number of allylic oxidation sites excluding steroid dienone is 1. The van der Waals surface area contributed by atoms with Gasteiger partial charge in [-0.1, -0.05) is 6.08 Å². The molecule has 0 unspecified atom stereocenters. The molecule has 0 bridgehead atoms. The summed E-state index contributed by atoms with van der Waals surface area (Å²) in [4.78, 5) is 35.7. The number of furan rings is 1. The van der Waals surface area contributed by atoms with Gasteiger partial charge in [-0.05, 0) is 33.8 Å². The average Bonchev–Trinajstić information content (AvgIpc) is 2.75. The van der Waals surface area contributed by atoms with E-state index in [1.807, 2.05) is 0 Å². The molecule has 120 valence electrons. The molecule has 0 aliphatic carbocycles. The number of carbonyl (C=O) groups is 3. The van der Waals surface area contributed by atoms with Crippen molar-refractivity contribution < 1.29 is 28.3 Å². The monoisotopic (exact) mass is 309 g/mol. The Bertz CT molecular complexity index is 599. The van der Waals surface area contributed by atoms with Gasteiger partial charge in [-0.2, -0.15) is 0 Å². The van der Waals surface area contributed by atoms with Crippen molar-refractivity contribution in [2.75, 3.05) is 18.5 Å². The first-order chi connectivity index (χ1) is 10.5. The number of anilines is 1. The highest BCUT2D eigenvalue weighted by Gasteiger charge is 2.31. The van der Waals surface area contributed by atoms with E-state index in [1.54, 1.807) is 20.8 Å². The predicted octanol–water partition coefficient (Wildman–Crippen LogP) is 2.46. The molecule has 0 aliphatic rings. The standard InChI is InChI=1S/C15H19NO6/c1-5-8-10(17)16-13-12(15(19)21-7-3)11(9(4)22-13)14(18)20-6-2/h5,8H,6-7H2,1-4H3,(H,16,17)/b8-5+. The summed E-state index contributed by atoms with van der Waals surface area (Å²) in [5.41, 5.74) is -0.188. The van der Waals surface area contributed by atoms with Crippen LogP contribution < -0.4 is 5.32 Å². The van der Waals surface area contributed by atoms with Crippen LogP contribution >= 0.6 is 0 Å². The van der Waals surface area contributed by atoms with Gasteiger partial charge in [0.1, 0.15) is 16.9 Å². The highest BCUT2D eigenvalue weighted by Crippen LogP contribution is 2.28.